The van der Waals surface area contributed by atoms with E-state index in [2.05, 4.69) is 16.0 Å². The van der Waals surface area contributed by atoms with Gasteiger partial charge in [-0.15, -0.1) is 0 Å². The lowest BCUT2D eigenvalue weighted by Gasteiger charge is -2.12. The van der Waals surface area contributed by atoms with Crippen LogP contribution in [0.2, 0.25) is 5.02 Å². The summed E-state index contributed by atoms with van der Waals surface area (Å²) in [6.07, 6.45) is 2.29. The van der Waals surface area contributed by atoms with Gasteiger partial charge < -0.3 is 15.4 Å². The number of aryl methyl sites for hydroxylation is 2. The smallest absolute Gasteiger partial charge is 0.264 e. The fraction of sp³-hybridized carbons (Fsp3) is 0.318. The molecule has 0 radical (unpaired) electrons. The predicted octanol–water partition coefficient (Wildman–Crippen LogP) is 4.98. The normalized spacial score (nSPS) is 10.3. The molecule has 2 amide bonds. The molecule has 0 bridgehead atoms. The number of hydrogen-bond donors (Lipinski definition) is 3. The van der Waals surface area contributed by atoms with E-state index in [9.17, 15) is 9.59 Å². The van der Waals surface area contributed by atoms with E-state index in [0.717, 1.165) is 24.0 Å². The maximum absolute atomic E-state index is 12.1. The fourth-order valence-electron chi connectivity index (χ4n) is 2.70. The van der Waals surface area contributed by atoms with Gasteiger partial charge in [0.05, 0.1) is 0 Å². The predicted molar refractivity (Wildman–Crippen MR) is 125 cm³/mol. The van der Waals surface area contributed by atoms with E-state index in [1.54, 1.807) is 36.4 Å². The Morgan fingerprint density at radius 2 is 1.67 bits per heavy atom. The number of unbranched alkanes of at least 4 members (excludes halogenated alkanes) is 1. The standard InChI is InChI=1S/C22H26ClN3O3S/c1-4-5-9-19(27)24-16-7-6-8-17(12-16)25-22(30)26-20(28)13-29-18-10-14(2)21(23)15(3)11-18/h6-8,10-12H,4-5,9,13H2,1-3H3,(H,24,27)(H2,25,26,28,30). The first-order valence-electron chi connectivity index (χ1n) is 9.68. The average Bonchev–Trinajstić information content (AvgIpc) is 2.69. The van der Waals surface area contributed by atoms with Gasteiger partial charge in [-0.3, -0.25) is 14.9 Å². The third-order valence-corrected chi connectivity index (χ3v) is 4.99. The second-order valence-corrected chi connectivity index (χ2v) is 7.68. The largest absolute Gasteiger partial charge is 0.484 e. The van der Waals surface area contributed by atoms with Crippen LogP contribution < -0.4 is 20.7 Å². The van der Waals surface area contributed by atoms with Crippen molar-refractivity contribution in [3.05, 3.63) is 52.5 Å². The van der Waals surface area contributed by atoms with Gasteiger partial charge in [-0.05, 0) is 73.9 Å². The molecule has 0 aromatic heterocycles. The molecular formula is C22H26ClN3O3S. The van der Waals surface area contributed by atoms with Crippen LogP contribution in [0, 0.1) is 13.8 Å². The molecule has 6 nitrogen and oxygen atoms in total. The Morgan fingerprint density at radius 3 is 2.30 bits per heavy atom. The van der Waals surface area contributed by atoms with Gasteiger partial charge in [0, 0.05) is 22.8 Å². The van der Waals surface area contributed by atoms with Crippen molar-refractivity contribution >= 4 is 52.1 Å². The molecule has 2 aromatic carbocycles. The van der Waals surface area contributed by atoms with Gasteiger partial charge >= 0.3 is 0 Å². The van der Waals surface area contributed by atoms with Crippen molar-refractivity contribution in [1.29, 1.82) is 0 Å². The second-order valence-electron chi connectivity index (χ2n) is 6.89. The van der Waals surface area contributed by atoms with Crippen LogP contribution in [0.5, 0.6) is 5.75 Å². The number of hydrogen-bond acceptors (Lipinski definition) is 4. The quantitative estimate of drug-likeness (QED) is 0.497. The number of nitrogens with one attached hydrogen (secondary N) is 3. The van der Waals surface area contributed by atoms with E-state index in [1.165, 1.54) is 0 Å². The Kier molecular flexibility index (Phi) is 9.08. The summed E-state index contributed by atoms with van der Waals surface area (Å²) in [4.78, 5) is 24.0. The molecule has 3 N–H and O–H groups in total. The van der Waals surface area contributed by atoms with Crippen LogP contribution in [-0.4, -0.2) is 23.5 Å². The number of rotatable bonds is 8. The molecular weight excluding hydrogens is 422 g/mol. The van der Waals surface area contributed by atoms with Crippen LogP contribution in [0.15, 0.2) is 36.4 Å². The van der Waals surface area contributed by atoms with Crippen LogP contribution >= 0.6 is 23.8 Å². The zero-order valence-corrected chi connectivity index (χ0v) is 18.9. The van der Waals surface area contributed by atoms with Crippen LogP contribution in [0.4, 0.5) is 11.4 Å². The van der Waals surface area contributed by atoms with Crippen LogP contribution in [0.3, 0.4) is 0 Å². The highest BCUT2D eigenvalue weighted by Gasteiger charge is 2.09. The van der Waals surface area contributed by atoms with Crippen molar-refractivity contribution in [2.24, 2.45) is 0 Å². The highest BCUT2D eigenvalue weighted by molar-refractivity contribution is 7.80. The third kappa shape index (κ3) is 7.65. The SMILES string of the molecule is CCCCC(=O)Nc1cccc(NC(=S)NC(=O)COc2cc(C)c(Cl)c(C)c2)c1. The van der Waals surface area contributed by atoms with Gasteiger partial charge in [-0.1, -0.05) is 31.0 Å². The topological polar surface area (TPSA) is 79.5 Å². The lowest BCUT2D eigenvalue weighted by molar-refractivity contribution is -0.121. The van der Waals surface area contributed by atoms with Gasteiger partial charge in [-0.25, -0.2) is 0 Å². The summed E-state index contributed by atoms with van der Waals surface area (Å²) >= 11 is 11.3. The molecule has 0 aliphatic carbocycles. The number of ether oxygens (including phenoxy) is 1. The third-order valence-electron chi connectivity index (χ3n) is 4.19. The first-order chi connectivity index (χ1) is 14.3. The molecule has 0 saturated carbocycles. The van der Waals surface area contributed by atoms with Crippen molar-refractivity contribution in [2.75, 3.05) is 17.2 Å². The number of carbonyl (C=O) groups excluding carboxylic acids is 2. The van der Waals surface area contributed by atoms with E-state index >= 15 is 0 Å². The Balaban J connectivity index is 1.84. The number of benzene rings is 2. The van der Waals surface area contributed by atoms with Gasteiger partial charge in [0.15, 0.2) is 11.7 Å². The minimum Gasteiger partial charge on any atom is -0.484 e. The van der Waals surface area contributed by atoms with E-state index in [-0.39, 0.29) is 23.5 Å². The lowest BCUT2D eigenvalue weighted by atomic mass is 10.1. The Morgan fingerprint density at radius 1 is 1.03 bits per heavy atom. The molecule has 0 aliphatic heterocycles. The first-order valence-corrected chi connectivity index (χ1v) is 10.5. The Labute approximate surface area is 187 Å². The molecule has 0 heterocycles. The van der Waals surface area contributed by atoms with Crippen LogP contribution in [-0.2, 0) is 9.59 Å². The lowest BCUT2D eigenvalue weighted by Crippen LogP contribution is -2.37. The summed E-state index contributed by atoms with van der Waals surface area (Å²) in [7, 11) is 0. The summed E-state index contributed by atoms with van der Waals surface area (Å²) in [5, 5.41) is 9.16. The maximum atomic E-state index is 12.1. The molecule has 0 spiro atoms. The molecule has 0 fully saturated rings. The van der Waals surface area contributed by atoms with E-state index in [4.69, 9.17) is 28.6 Å². The maximum Gasteiger partial charge on any atom is 0.264 e. The summed E-state index contributed by atoms with van der Waals surface area (Å²) < 4.78 is 5.53. The monoisotopic (exact) mass is 447 g/mol. The molecule has 0 atom stereocenters. The van der Waals surface area contributed by atoms with Crippen molar-refractivity contribution in [2.45, 2.75) is 40.0 Å². The highest BCUT2D eigenvalue weighted by atomic mass is 35.5. The first kappa shape index (κ1) is 23.6. The summed E-state index contributed by atoms with van der Waals surface area (Å²) in [6.45, 7) is 5.61. The van der Waals surface area contributed by atoms with E-state index < -0.39 is 0 Å². The zero-order valence-electron chi connectivity index (χ0n) is 17.3. The van der Waals surface area contributed by atoms with Crippen molar-refractivity contribution in [3.63, 3.8) is 0 Å². The average molecular weight is 448 g/mol. The highest BCUT2D eigenvalue weighted by Crippen LogP contribution is 2.25. The molecule has 160 valence electrons. The second kappa shape index (κ2) is 11.5. The zero-order chi connectivity index (χ0) is 22.1. The molecule has 2 aromatic rings. The van der Waals surface area contributed by atoms with Crippen molar-refractivity contribution in [1.82, 2.24) is 5.32 Å². The summed E-state index contributed by atoms with van der Waals surface area (Å²) in [6, 6.07) is 10.7. The summed E-state index contributed by atoms with van der Waals surface area (Å²) in [5.74, 6) is 0.145. The van der Waals surface area contributed by atoms with E-state index in [1.807, 2.05) is 20.8 Å². The van der Waals surface area contributed by atoms with Crippen molar-refractivity contribution in [3.8, 4) is 5.75 Å². The van der Waals surface area contributed by atoms with Gasteiger partial charge in [0.2, 0.25) is 5.91 Å². The molecule has 30 heavy (non-hydrogen) atoms. The Hall–Kier alpha value is -2.64. The minimum absolute atomic E-state index is 0.0327. The van der Waals surface area contributed by atoms with Gasteiger partial charge in [0.25, 0.3) is 5.91 Å². The number of amides is 2. The minimum atomic E-state index is -0.387. The van der Waals surface area contributed by atoms with E-state index in [0.29, 0.717) is 28.6 Å². The van der Waals surface area contributed by atoms with Gasteiger partial charge in [0.1, 0.15) is 5.75 Å². The molecule has 8 heteroatoms. The number of thiocarbonyl (C=S) groups is 1. The molecule has 0 aliphatic rings. The van der Waals surface area contributed by atoms with Crippen LogP contribution in [0.25, 0.3) is 0 Å². The molecule has 2 rings (SSSR count). The summed E-state index contributed by atoms with van der Waals surface area (Å²) in [5.41, 5.74) is 3.07. The van der Waals surface area contributed by atoms with Crippen LogP contribution in [0.1, 0.15) is 37.3 Å². The Bertz CT molecular complexity index is 911. The number of anilines is 2. The fourth-order valence-corrected chi connectivity index (χ4v) is 3.04. The molecule has 0 unspecified atom stereocenters. The van der Waals surface area contributed by atoms with Crippen molar-refractivity contribution < 1.29 is 14.3 Å². The number of halogens is 1. The van der Waals surface area contributed by atoms with Gasteiger partial charge in [-0.2, -0.15) is 0 Å². The molecule has 0 saturated heterocycles. The number of carbonyl (C=O) groups is 2.